The van der Waals surface area contributed by atoms with Crippen LogP contribution in [0.1, 0.15) is 50.4 Å². The van der Waals surface area contributed by atoms with E-state index in [4.69, 9.17) is 9.47 Å². The van der Waals surface area contributed by atoms with Gasteiger partial charge in [-0.1, -0.05) is 20.8 Å². The zero-order valence-corrected chi connectivity index (χ0v) is 17.7. The minimum Gasteiger partial charge on any atom is -0.493 e. The fourth-order valence-corrected chi connectivity index (χ4v) is 4.30. The molecule has 1 aromatic rings. The summed E-state index contributed by atoms with van der Waals surface area (Å²) in [6.07, 6.45) is -4.01. The third kappa shape index (κ3) is 3.53. The number of carbonyl (C=O) groups is 1. The van der Waals surface area contributed by atoms with Gasteiger partial charge >= 0.3 is 6.18 Å². The smallest absolute Gasteiger partial charge is 0.439 e. The molecule has 9 heteroatoms. The summed E-state index contributed by atoms with van der Waals surface area (Å²) < 4.78 is 52.7. The fraction of sp³-hybridized carbons (Fsp3) is 0.619. The molecule has 1 aliphatic carbocycles. The Morgan fingerprint density at radius 1 is 1.20 bits per heavy atom. The first-order valence-electron chi connectivity index (χ1n) is 9.77. The zero-order valence-electron chi connectivity index (χ0n) is 17.7. The molecule has 0 aromatic heterocycles. The SMILES string of the molecule is COc1ccc(C(=O)N2N=C3CC[C@H](C(C)(C)C)C[C@H]3[C@@]2(O)C(F)(F)F)cc1OC. The van der Waals surface area contributed by atoms with Crippen LogP contribution in [0.15, 0.2) is 23.3 Å². The summed E-state index contributed by atoms with van der Waals surface area (Å²) in [4.78, 5) is 13.1. The number of rotatable bonds is 3. The van der Waals surface area contributed by atoms with E-state index in [1.807, 2.05) is 20.8 Å². The Labute approximate surface area is 173 Å². The van der Waals surface area contributed by atoms with Crippen molar-refractivity contribution in [3.63, 3.8) is 0 Å². The highest BCUT2D eigenvalue weighted by Gasteiger charge is 2.69. The predicted octanol–water partition coefficient (Wildman–Crippen LogP) is 4.23. The summed E-state index contributed by atoms with van der Waals surface area (Å²) in [6, 6.07) is 4.02. The molecule has 1 fully saturated rings. The molecule has 6 nitrogen and oxygen atoms in total. The van der Waals surface area contributed by atoms with Gasteiger partial charge < -0.3 is 14.6 Å². The lowest BCUT2D eigenvalue weighted by Crippen LogP contribution is -2.62. The summed E-state index contributed by atoms with van der Waals surface area (Å²) in [6.45, 7) is 5.90. The van der Waals surface area contributed by atoms with Gasteiger partial charge in [0.1, 0.15) is 0 Å². The van der Waals surface area contributed by atoms with Crippen LogP contribution < -0.4 is 9.47 Å². The van der Waals surface area contributed by atoms with E-state index in [2.05, 4.69) is 5.10 Å². The van der Waals surface area contributed by atoms with Gasteiger partial charge in [0.2, 0.25) is 0 Å². The fourth-order valence-electron chi connectivity index (χ4n) is 4.30. The third-order valence-electron chi connectivity index (χ3n) is 6.17. The lowest BCUT2D eigenvalue weighted by Gasteiger charge is -2.42. The van der Waals surface area contributed by atoms with Gasteiger partial charge in [-0.25, -0.2) is 0 Å². The van der Waals surface area contributed by atoms with Gasteiger partial charge in [0.25, 0.3) is 11.6 Å². The zero-order chi connectivity index (χ0) is 22.5. The Hall–Kier alpha value is -2.29. The first-order valence-corrected chi connectivity index (χ1v) is 9.77. The van der Waals surface area contributed by atoms with Crippen molar-refractivity contribution in [3.05, 3.63) is 23.8 Å². The van der Waals surface area contributed by atoms with Crippen molar-refractivity contribution in [2.24, 2.45) is 22.4 Å². The highest BCUT2D eigenvalue weighted by atomic mass is 19.4. The van der Waals surface area contributed by atoms with Crippen LogP contribution in [0, 0.1) is 17.3 Å². The second-order valence-electron chi connectivity index (χ2n) is 8.89. The van der Waals surface area contributed by atoms with Crippen LogP contribution in [0.25, 0.3) is 0 Å². The standard InChI is InChI=1S/C21H27F3N2O4/c1-19(2,3)13-7-8-15-14(11-13)20(28,21(22,23)24)26(25-15)18(27)12-6-9-16(29-4)17(10-12)30-5/h6,9-10,13-14,28H,7-8,11H2,1-5H3/t13-,14+,20+/m0/s1. The number of alkyl halides is 3. The number of hydrogen-bond acceptors (Lipinski definition) is 5. The predicted molar refractivity (Wildman–Crippen MR) is 104 cm³/mol. The molecule has 1 amide bonds. The Balaban J connectivity index is 2.02. The van der Waals surface area contributed by atoms with Gasteiger partial charge in [-0.3, -0.25) is 4.79 Å². The van der Waals surface area contributed by atoms with Gasteiger partial charge in [0.15, 0.2) is 11.5 Å². The highest BCUT2D eigenvalue weighted by Crippen LogP contribution is 2.52. The van der Waals surface area contributed by atoms with Gasteiger partial charge in [0, 0.05) is 11.3 Å². The molecule has 2 aliphatic rings. The van der Waals surface area contributed by atoms with Crippen molar-refractivity contribution >= 4 is 11.6 Å². The number of fused-ring (bicyclic) bond motifs is 1. The molecular formula is C21H27F3N2O4. The highest BCUT2D eigenvalue weighted by molar-refractivity contribution is 5.99. The maximum atomic E-state index is 14.2. The average Bonchev–Trinajstić information content (AvgIpc) is 2.99. The van der Waals surface area contributed by atoms with E-state index in [0.717, 1.165) is 0 Å². The van der Waals surface area contributed by atoms with Gasteiger partial charge in [0.05, 0.1) is 20.1 Å². The number of aliphatic hydroxyl groups is 1. The number of hydrogen-bond donors (Lipinski definition) is 1. The second-order valence-corrected chi connectivity index (χ2v) is 8.89. The lowest BCUT2D eigenvalue weighted by molar-refractivity contribution is -0.314. The van der Waals surface area contributed by atoms with Gasteiger partial charge in [-0.15, -0.1) is 0 Å². The van der Waals surface area contributed by atoms with Crippen LogP contribution in [0.4, 0.5) is 13.2 Å². The molecule has 0 spiro atoms. The van der Waals surface area contributed by atoms with Crippen molar-refractivity contribution in [1.29, 1.82) is 0 Å². The van der Waals surface area contributed by atoms with Crippen molar-refractivity contribution in [2.45, 2.75) is 51.9 Å². The summed E-state index contributed by atoms with van der Waals surface area (Å²) >= 11 is 0. The van der Waals surface area contributed by atoms with E-state index < -0.39 is 23.7 Å². The number of nitrogens with zero attached hydrogens (tertiary/aromatic N) is 2. The molecule has 0 unspecified atom stereocenters. The summed E-state index contributed by atoms with van der Waals surface area (Å²) in [5.41, 5.74) is -3.50. The Kier molecular flexibility index (Phi) is 5.56. The Morgan fingerprint density at radius 3 is 2.37 bits per heavy atom. The molecule has 0 radical (unpaired) electrons. The molecule has 1 aromatic carbocycles. The monoisotopic (exact) mass is 428 g/mol. The number of amides is 1. The summed E-state index contributed by atoms with van der Waals surface area (Å²) in [5, 5.41) is 15.1. The number of ether oxygens (including phenoxy) is 2. The number of carbonyl (C=O) groups excluding carboxylic acids is 1. The molecule has 166 valence electrons. The minimum atomic E-state index is -5.07. The Bertz CT molecular complexity index is 863. The largest absolute Gasteiger partial charge is 0.493 e. The number of halogens is 3. The number of benzene rings is 1. The van der Waals surface area contributed by atoms with Crippen LogP contribution in [-0.2, 0) is 0 Å². The first kappa shape index (κ1) is 22.4. The van der Waals surface area contributed by atoms with E-state index in [1.165, 1.54) is 32.4 Å². The van der Waals surface area contributed by atoms with Crippen LogP contribution in [0.2, 0.25) is 0 Å². The summed E-state index contributed by atoms with van der Waals surface area (Å²) in [7, 11) is 2.76. The third-order valence-corrected chi connectivity index (χ3v) is 6.17. The van der Waals surface area contributed by atoms with Crippen molar-refractivity contribution in [2.75, 3.05) is 14.2 Å². The number of hydrazone groups is 1. The van der Waals surface area contributed by atoms with Crippen LogP contribution >= 0.6 is 0 Å². The molecule has 3 atom stereocenters. The Morgan fingerprint density at radius 2 is 1.83 bits per heavy atom. The van der Waals surface area contributed by atoms with Crippen LogP contribution in [0.3, 0.4) is 0 Å². The van der Waals surface area contributed by atoms with Crippen LogP contribution in [-0.4, -0.2) is 47.9 Å². The minimum absolute atomic E-state index is 0.0357. The first-order chi connectivity index (χ1) is 13.8. The van der Waals surface area contributed by atoms with Crippen molar-refractivity contribution in [1.82, 2.24) is 5.01 Å². The molecular weight excluding hydrogens is 401 g/mol. The van der Waals surface area contributed by atoms with E-state index in [1.54, 1.807) is 0 Å². The van der Waals surface area contributed by atoms with E-state index in [9.17, 15) is 23.1 Å². The topological polar surface area (TPSA) is 71.4 Å². The quantitative estimate of drug-likeness (QED) is 0.782. The molecule has 0 saturated heterocycles. The molecule has 1 aliphatic heterocycles. The molecule has 1 N–H and O–H groups in total. The molecule has 0 bridgehead atoms. The summed E-state index contributed by atoms with van der Waals surface area (Å²) in [5.74, 6) is -1.86. The van der Waals surface area contributed by atoms with Gasteiger partial charge in [-0.2, -0.15) is 23.3 Å². The van der Waals surface area contributed by atoms with E-state index >= 15 is 0 Å². The van der Waals surface area contributed by atoms with Crippen molar-refractivity contribution in [3.8, 4) is 11.5 Å². The van der Waals surface area contributed by atoms with Crippen molar-refractivity contribution < 1.29 is 32.5 Å². The molecule has 30 heavy (non-hydrogen) atoms. The van der Waals surface area contributed by atoms with Crippen LogP contribution in [0.5, 0.6) is 11.5 Å². The van der Waals surface area contributed by atoms with Gasteiger partial charge in [-0.05, 0) is 48.8 Å². The normalized spacial score (nSPS) is 26.8. The number of methoxy groups -OCH3 is 2. The molecule has 1 heterocycles. The van der Waals surface area contributed by atoms with E-state index in [0.29, 0.717) is 18.6 Å². The van der Waals surface area contributed by atoms with E-state index in [-0.39, 0.29) is 39.8 Å². The molecule has 3 rings (SSSR count). The maximum Gasteiger partial charge on any atom is 0.439 e. The average molecular weight is 428 g/mol. The lowest BCUT2D eigenvalue weighted by atomic mass is 9.66. The molecule has 1 saturated carbocycles. The second kappa shape index (κ2) is 7.44. The maximum absolute atomic E-state index is 14.2.